The Balaban J connectivity index is 1.65. The standard InChI is InChI=1S/C33H34N2O3/c1-4-31(24-9-6-5-7-10-24)32(25-13-17-29(18-14-25)37-22-21-35(2)3)26-15-19-30(20-16-26)38-33(36)27-11-8-12-28(34)23-27/h5-20,23H,4,21-22,34H2,1-3H3/b32-31-. The summed E-state index contributed by atoms with van der Waals surface area (Å²) in [5.74, 6) is 0.878. The van der Waals surface area contributed by atoms with Crippen molar-refractivity contribution in [2.45, 2.75) is 13.3 Å². The topological polar surface area (TPSA) is 64.8 Å². The number of nitrogen functional groups attached to an aromatic ring is 1. The van der Waals surface area contributed by atoms with E-state index in [1.165, 1.54) is 11.1 Å². The summed E-state index contributed by atoms with van der Waals surface area (Å²) >= 11 is 0. The summed E-state index contributed by atoms with van der Waals surface area (Å²) in [6.07, 6.45) is 0.854. The van der Waals surface area contributed by atoms with E-state index in [0.29, 0.717) is 23.6 Å². The second-order valence-corrected chi connectivity index (χ2v) is 9.29. The van der Waals surface area contributed by atoms with E-state index >= 15 is 0 Å². The van der Waals surface area contributed by atoms with Crippen molar-refractivity contribution in [1.29, 1.82) is 0 Å². The fourth-order valence-electron chi connectivity index (χ4n) is 4.26. The number of carbonyl (C=O) groups excluding carboxylic acids is 1. The van der Waals surface area contributed by atoms with Gasteiger partial charge in [0.25, 0.3) is 0 Å². The van der Waals surface area contributed by atoms with Gasteiger partial charge in [0.1, 0.15) is 18.1 Å². The average Bonchev–Trinajstić information content (AvgIpc) is 2.93. The molecule has 0 saturated carbocycles. The van der Waals surface area contributed by atoms with Gasteiger partial charge in [-0.1, -0.05) is 67.6 Å². The molecule has 4 aromatic carbocycles. The number of likely N-dealkylation sites (N-methyl/N-ethyl adjacent to an activating group) is 1. The Labute approximate surface area is 225 Å². The van der Waals surface area contributed by atoms with Crippen LogP contribution in [0.2, 0.25) is 0 Å². The predicted octanol–water partition coefficient (Wildman–Crippen LogP) is 6.80. The first kappa shape index (κ1) is 26.7. The number of carbonyl (C=O) groups is 1. The molecule has 38 heavy (non-hydrogen) atoms. The van der Waals surface area contributed by atoms with Crippen LogP contribution in [0.4, 0.5) is 5.69 Å². The summed E-state index contributed by atoms with van der Waals surface area (Å²) in [5.41, 5.74) is 12.4. The minimum absolute atomic E-state index is 0.417. The molecule has 0 saturated heterocycles. The molecule has 0 spiro atoms. The molecule has 5 nitrogen and oxygen atoms in total. The van der Waals surface area contributed by atoms with Crippen molar-refractivity contribution in [3.63, 3.8) is 0 Å². The first-order valence-corrected chi connectivity index (χ1v) is 12.8. The van der Waals surface area contributed by atoms with Gasteiger partial charge in [-0.15, -0.1) is 0 Å². The molecule has 2 N–H and O–H groups in total. The van der Waals surface area contributed by atoms with Gasteiger partial charge in [0.15, 0.2) is 0 Å². The number of benzene rings is 4. The number of allylic oxidation sites excluding steroid dienone is 1. The van der Waals surface area contributed by atoms with Crippen LogP contribution in [-0.4, -0.2) is 38.1 Å². The third-order valence-corrected chi connectivity index (χ3v) is 6.20. The predicted molar refractivity (Wildman–Crippen MR) is 155 cm³/mol. The lowest BCUT2D eigenvalue weighted by Crippen LogP contribution is -2.19. The van der Waals surface area contributed by atoms with Gasteiger partial charge in [-0.25, -0.2) is 4.79 Å². The van der Waals surface area contributed by atoms with Crippen LogP contribution < -0.4 is 15.2 Å². The Hall–Kier alpha value is -4.35. The van der Waals surface area contributed by atoms with Gasteiger partial charge in [0.2, 0.25) is 0 Å². The number of rotatable bonds is 10. The molecule has 0 bridgehead atoms. The van der Waals surface area contributed by atoms with Gasteiger partial charge >= 0.3 is 5.97 Å². The summed E-state index contributed by atoms with van der Waals surface area (Å²) < 4.78 is 11.5. The molecular formula is C33H34N2O3. The smallest absolute Gasteiger partial charge is 0.343 e. The third-order valence-electron chi connectivity index (χ3n) is 6.20. The van der Waals surface area contributed by atoms with Crippen LogP contribution in [0.5, 0.6) is 11.5 Å². The Kier molecular flexibility index (Phi) is 8.96. The molecule has 0 atom stereocenters. The molecule has 0 unspecified atom stereocenters. The second kappa shape index (κ2) is 12.7. The normalized spacial score (nSPS) is 11.7. The number of ether oxygens (including phenoxy) is 2. The minimum atomic E-state index is -0.441. The Morgan fingerprint density at radius 2 is 1.34 bits per heavy atom. The summed E-state index contributed by atoms with van der Waals surface area (Å²) in [6.45, 7) is 3.66. The Bertz CT molecular complexity index is 1380. The summed E-state index contributed by atoms with van der Waals surface area (Å²) in [7, 11) is 4.06. The van der Waals surface area contributed by atoms with Crippen LogP contribution in [0.15, 0.2) is 103 Å². The number of hydrogen-bond acceptors (Lipinski definition) is 5. The maximum absolute atomic E-state index is 12.6. The number of hydrogen-bond donors (Lipinski definition) is 1. The first-order valence-electron chi connectivity index (χ1n) is 12.8. The van der Waals surface area contributed by atoms with Crippen molar-refractivity contribution in [2.24, 2.45) is 0 Å². The van der Waals surface area contributed by atoms with Crippen LogP contribution in [0.25, 0.3) is 11.1 Å². The molecule has 0 radical (unpaired) electrons. The highest BCUT2D eigenvalue weighted by Gasteiger charge is 2.15. The Morgan fingerprint density at radius 3 is 1.92 bits per heavy atom. The van der Waals surface area contributed by atoms with E-state index in [0.717, 1.165) is 35.4 Å². The molecule has 0 aliphatic carbocycles. The Morgan fingerprint density at radius 1 is 0.737 bits per heavy atom. The highest BCUT2D eigenvalue weighted by molar-refractivity contribution is 5.98. The number of esters is 1. The van der Waals surface area contributed by atoms with Crippen molar-refractivity contribution in [2.75, 3.05) is 33.0 Å². The first-order chi connectivity index (χ1) is 18.4. The zero-order chi connectivity index (χ0) is 26.9. The monoisotopic (exact) mass is 506 g/mol. The average molecular weight is 507 g/mol. The lowest BCUT2D eigenvalue weighted by Gasteiger charge is -2.17. The highest BCUT2D eigenvalue weighted by atomic mass is 16.5. The molecule has 0 aromatic heterocycles. The largest absolute Gasteiger partial charge is 0.492 e. The molecule has 4 aromatic rings. The fraction of sp³-hybridized carbons (Fsp3) is 0.182. The van der Waals surface area contributed by atoms with Crippen molar-refractivity contribution in [3.8, 4) is 11.5 Å². The lowest BCUT2D eigenvalue weighted by molar-refractivity contribution is 0.0735. The molecule has 4 rings (SSSR count). The van der Waals surface area contributed by atoms with Crippen LogP contribution in [-0.2, 0) is 0 Å². The van der Waals surface area contributed by atoms with Crippen LogP contribution in [0.3, 0.4) is 0 Å². The molecule has 194 valence electrons. The molecule has 0 aliphatic heterocycles. The summed E-state index contributed by atoms with van der Waals surface area (Å²) in [4.78, 5) is 14.7. The highest BCUT2D eigenvalue weighted by Crippen LogP contribution is 2.35. The molecule has 0 amide bonds. The fourth-order valence-corrected chi connectivity index (χ4v) is 4.26. The molecule has 0 aliphatic rings. The number of nitrogens with two attached hydrogens (primary N) is 1. The second-order valence-electron chi connectivity index (χ2n) is 9.29. The number of anilines is 1. The van der Waals surface area contributed by atoms with Gasteiger partial charge < -0.3 is 20.1 Å². The van der Waals surface area contributed by atoms with E-state index < -0.39 is 5.97 Å². The van der Waals surface area contributed by atoms with Crippen LogP contribution in [0.1, 0.15) is 40.4 Å². The van der Waals surface area contributed by atoms with Crippen molar-refractivity contribution < 1.29 is 14.3 Å². The zero-order valence-corrected chi connectivity index (χ0v) is 22.2. The van der Waals surface area contributed by atoms with Crippen molar-refractivity contribution in [3.05, 3.63) is 125 Å². The van der Waals surface area contributed by atoms with Gasteiger partial charge in [-0.3, -0.25) is 0 Å². The molecule has 5 heteroatoms. The molecule has 0 fully saturated rings. The molecular weight excluding hydrogens is 472 g/mol. The quantitative estimate of drug-likeness (QED) is 0.111. The van der Waals surface area contributed by atoms with E-state index in [4.69, 9.17) is 15.2 Å². The minimum Gasteiger partial charge on any atom is -0.492 e. The van der Waals surface area contributed by atoms with Crippen molar-refractivity contribution in [1.82, 2.24) is 4.90 Å². The van der Waals surface area contributed by atoms with E-state index in [-0.39, 0.29) is 0 Å². The van der Waals surface area contributed by atoms with E-state index in [1.807, 2.05) is 56.6 Å². The van der Waals surface area contributed by atoms with E-state index in [1.54, 1.807) is 24.3 Å². The van der Waals surface area contributed by atoms with Gasteiger partial charge in [0.05, 0.1) is 5.56 Å². The maximum atomic E-state index is 12.6. The summed E-state index contributed by atoms with van der Waals surface area (Å²) in [5, 5.41) is 0. The third kappa shape index (κ3) is 6.90. The van der Waals surface area contributed by atoms with Gasteiger partial charge in [-0.05, 0) is 90.8 Å². The van der Waals surface area contributed by atoms with Crippen molar-refractivity contribution >= 4 is 22.8 Å². The van der Waals surface area contributed by atoms with Crippen LogP contribution >= 0.6 is 0 Å². The number of nitrogens with zero attached hydrogens (tertiary/aromatic N) is 1. The van der Waals surface area contributed by atoms with Crippen LogP contribution in [0, 0.1) is 0 Å². The zero-order valence-electron chi connectivity index (χ0n) is 22.2. The SMILES string of the molecule is CC/C(=C(\c1ccc(OCCN(C)C)cc1)c1ccc(OC(=O)c2cccc(N)c2)cc1)c1ccccc1. The lowest BCUT2D eigenvalue weighted by atomic mass is 9.88. The van der Waals surface area contributed by atoms with E-state index in [2.05, 4.69) is 48.2 Å². The van der Waals surface area contributed by atoms with E-state index in [9.17, 15) is 4.79 Å². The summed E-state index contributed by atoms with van der Waals surface area (Å²) in [6, 6.07) is 33.1. The maximum Gasteiger partial charge on any atom is 0.343 e. The molecule has 0 heterocycles. The van der Waals surface area contributed by atoms with Gasteiger partial charge in [-0.2, -0.15) is 0 Å². The van der Waals surface area contributed by atoms with Gasteiger partial charge in [0, 0.05) is 12.2 Å².